The van der Waals surface area contributed by atoms with Gasteiger partial charge in [0.2, 0.25) is 5.75 Å². The molecule has 1 saturated heterocycles. The first kappa shape index (κ1) is 20.7. The van der Waals surface area contributed by atoms with Gasteiger partial charge in [-0.3, -0.25) is 0 Å². The lowest BCUT2D eigenvalue weighted by molar-refractivity contribution is 0.323. The molecule has 0 spiro atoms. The zero-order chi connectivity index (χ0) is 16.8. The summed E-state index contributed by atoms with van der Waals surface area (Å²) in [6.07, 6.45) is 3.41. The summed E-state index contributed by atoms with van der Waals surface area (Å²) < 4.78 is 16.5. The highest BCUT2D eigenvalue weighted by Gasteiger charge is 2.27. The molecular formula is C18H31ClN2O3. The second-order valence-electron chi connectivity index (χ2n) is 6.03. The van der Waals surface area contributed by atoms with E-state index in [9.17, 15) is 0 Å². The summed E-state index contributed by atoms with van der Waals surface area (Å²) in [5, 5.41) is 3.45. The van der Waals surface area contributed by atoms with Gasteiger partial charge in [0.05, 0.1) is 21.3 Å². The van der Waals surface area contributed by atoms with Gasteiger partial charge in [-0.15, -0.1) is 12.4 Å². The molecule has 0 bridgehead atoms. The van der Waals surface area contributed by atoms with E-state index in [2.05, 4.69) is 36.2 Å². The zero-order valence-corrected chi connectivity index (χ0v) is 16.2. The van der Waals surface area contributed by atoms with Crippen LogP contribution in [-0.4, -0.2) is 46.5 Å². The number of hydrogen-bond donors (Lipinski definition) is 1. The Hall–Kier alpha value is -1.33. The average Bonchev–Trinajstić information content (AvgIpc) is 2.61. The maximum atomic E-state index is 5.53. The monoisotopic (exact) mass is 358 g/mol. The zero-order valence-electron chi connectivity index (χ0n) is 15.4. The number of nitrogens with one attached hydrogen (secondary N) is 1. The second-order valence-corrected chi connectivity index (χ2v) is 6.03. The van der Waals surface area contributed by atoms with E-state index in [1.807, 2.05) is 0 Å². The molecular weight excluding hydrogens is 328 g/mol. The van der Waals surface area contributed by atoms with Crippen LogP contribution < -0.4 is 24.4 Å². The Kier molecular flexibility index (Phi) is 8.50. The Morgan fingerprint density at radius 3 is 2.04 bits per heavy atom. The molecule has 1 atom stereocenters. The minimum Gasteiger partial charge on any atom is -0.493 e. The Morgan fingerprint density at radius 2 is 1.62 bits per heavy atom. The van der Waals surface area contributed by atoms with Crippen LogP contribution >= 0.6 is 12.4 Å². The standard InChI is InChI=1S/C18H30N2O3.ClH/c1-6-13(2)20(14-7-9-19-10-8-14)15-11-16(21-3)18(23-5)17(12-15)22-4;/h11-14,19H,6-10H2,1-5H3;1H. The highest BCUT2D eigenvalue weighted by atomic mass is 35.5. The number of benzene rings is 1. The van der Waals surface area contributed by atoms with Gasteiger partial charge in [0.1, 0.15) is 0 Å². The van der Waals surface area contributed by atoms with Gasteiger partial charge in [0, 0.05) is 29.9 Å². The number of nitrogens with zero attached hydrogens (tertiary/aromatic N) is 1. The van der Waals surface area contributed by atoms with Gasteiger partial charge in [-0.2, -0.15) is 0 Å². The summed E-state index contributed by atoms with van der Waals surface area (Å²) in [6.45, 7) is 6.66. The molecule has 1 aromatic carbocycles. The summed E-state index contributed by atoms with van der Waals surface area (Å²) in [4.78, 5) is 2.52. The van der Waals surface area contributed by atoms with Gasteiger partial charge in [0.15, 0.2) is 11.5 Å². The summed E-state index contributed by atoms with van der Waals surface area (Å²) >= 11 is 0. The molecule has 1 unspecified atom stereocenters. The van der Waals surface area contributed by atoms with Gasteiger partial charge < -0.3 is 24.4 Å². The molecule has 1 heterocycles. The number of rotatable bonds is 7. The lowest BCUT2D eigenvalue weighted by Crippen LogP contribution is -2.47. The van der Waals surface area contributed by atoms with Crippen molar-refractivity contribution < 1.29 is 14.2 Å². The molecule has 1 aromatic rings. The first-order valence-corrected chi connectivity index (χ1v) is 8.45. The van der Waals surface area contributed by atoms with Crippen LogP contribution in [0.4, 0.5) is 5.69 Å². The quantitative estimate of drug-likeness (QED) is 0.808. The normalized spacial score (nSPS) is 16.0. The minimum atomic E-state index is 0. The van der Waals surface area contributed by atoms with E-state index in [4.69, 9.17) is 14.2 Å². The Morgan fingerprint density at radius 1 is 1.08 bits per heavy atom. The van der Waals surface area contributed by atoms with Crippen LogP contribution in [0.5, 0.6) is 17.2 Å². The maximum absolute atomic E-state index is 5.53. The summed E-state index contributed by atoms with van der Waals surface area (Å²) in [6, 6.07) is 5.13. The van der Waals surface area contributed by atoms with Crippen molar-refractivity contribution in [2.75, 3.05) is 39.3 Å². The lowest BCUT2D eigenvalue weighted by Gasteiger charge is -2.40. The van der Waals surface area contributed by atoms with Crippen molar-refractivity contribution in [3.8, 4) is 17.2 Å². The number of ether oxygens (including phenoxy) is 3. The molecule has 2 rings (SSSR count). The largest absolute Gasteiger partial charge is 0.493 e. The topological polar surface area (TPSA) is 43.0 Å². The fourth-order valence-corrected chi connectivity index (χ4v) is 3.32. The molecule has 0 amide bonds. The number of piperidine rings is 1. The Balaban J connectivity index is 0.00000288. The molecule has 1 aliphatic heterocycles. The maximum Gasteiger partial charge on any atom is 0.203 e. The first-order chi connectivity index (χ1) is 11.2. The van der Waals surface area contributed by atoms with E-state index in [0.717, 1.165) is 38.0 Å². The molecule has 1 fully saturated rings. The third kappa shape index (κ3) is 4.39. The van der Waals surface area contributed by atoms with Gasteiger partial charge in [-0.25, -0.2) is 0 Å². The molecule has 0 saturated carbocycles. The van der Waals surface area contributed by atoms with Crippen molar-refractivity contribution in [3.63, 3.8) is 0 Å². The third-order valence-electron chi connectivity index (χ3n) is 4.72. The van der Waals surface area contributed by atoms with Crippen molar-refractivity contribution in [1.29, 1.82) is 0 Å². The molecule has 138 valence electrons. The van der Waals surface area contributed by atoms with Crippen LogP contribution in [0.2, 0.25) is 0 Å². The minimum absolute atomic E-state index is 0. The van der Waals surface area contributed by atoms with E-state index >= 15 is 0 Å². The van der Waals surface area contributed by atoms with Crippen molar-refractivity contribution in [2.24, 2.45) is 0 Å². The van der Waals surface area contributed by atoms with Gasteiger partial charge in [-0.1, -0.05) is 6.92 Å². The second kappa shape index (κ2) is 9.84. The summed E-state index contributed by atoms with van der Waals surface area (Å²) in [5.74, 6) is 2.07. The van der Waals surface area contributed by atoms with Gasteiger partial charge in [-0.05, 0) is 39.3 Å². The third-order valence-corrected chi connectivity index (χ3v) is 4.72. The van der Waals surface area contributed by atoms with Crippen LogP contribution in [0, 0.1) is 0 Å². The van der Waals surface area contributed by atoms with Gasteiger partial charge in [0.25, 0.3) is 0 Å². The van der Waals surface area contributed by atoms with Crippen LogP contribution in [0.25, 0.3) is 0 Å². The van der Waals surface area contributed by atoms with Gasteiger partial charge >= 0.3 is 0 Å². The van der Waals surface area contributed by atoms with Crippen LogP contribution in [0.15, 0.2) is 12.1 Å². The smallest absolute Gasteiger partial charge is 0.203 e. The summed E-state index contributed by atoms with van der Waals surface area (Å²) in [5.41, 5.74) is 1.14. The highest BCUT2D eigenvalue weighted by Crippen LogP contribution is 2.42. The number of anilines is 1. The lowest BCUT2D eigenvalue weighted by atomic mass is 10.0. The predicted octanol–water partition coefficient (Wildman–Crippen LogP) is 3.49. The van der Waals surface area contributed by atoms with Crippen LogP contribution in [0.1, 0.15) is 33.1 Å². The molecule has 1 N–H and O–H groups in total. The number of halogens is 1. The van der Waals surface area contributed by atoms with E-state index in [0.29, 0.717) is 29.3 Å². The van der Waals surface area contributed by atoms with E-state index < -0.39 is 0 Å². The Bertz CT molecular complexity index is 482. The summed E-state index contributed by atoms with van der Waals surface area (Å²) in [7, 11) is 4.97. The number of hydrogen-bond acceptors (Lipinski definition) is 5. The fraction of sp³-hybridized carbons (Fsp3) is 0.667. The van der Waals surface area contributed by atoms with E-state index in [-0.39, 0.29) is 12.4 Å². The van der Waals surface area contributed by atoms with E-state index in [1.165, 1.54) is 0 Å². The molecule has 6 heteroatoms. The first-order valence-electron chi connectivity index (χ1n) is 8.45. The average molecular weight is 359 g/mol. The molecule has 24 heavy (non-hydrogen) atoms. The number of methoxy groups -OCH3 is 3. The van der Waals surface area contributed by atoms with Crippen LogP contribution in [0.3, 0.4) is 0 Å². The van der Waals surface area contributed by atoms with E-state index in [1.54, 1.807) is 21.3 Å². The van der Waals surface area contributed by atoms with Crippen molar-refractivity contribution in [3.05, 3.63) is 12.1 Å². The molecule has 1 aliphatic rings. The molecule has 0 aromatic heterocycles. The highest BCUT2D eigenvalue weighted by molar-refractivity contribution is 5.85. The molecule has 0 radical (unpaired) electrons. The van der Waals surface area contributed by atoms with Crippen molar-refractivity contribution in [1.82, 2.24) is 5.32 Å². The molecule has 5 nitrogen and oxygen atoms in total. The SMILES string of the molecule is CCC(C)N(c1cc(OC)c(OC)c(OC)c1)C1CCNCC1.Cl. The Labute approximate surface area is 152 Å². The fourth-order valence-electron chi connectivity index (χ4n) is 3.32. The van der Waals surface area contributed by atoms with Crippen molar-refractivity contribution in [2.45, 2.75) is 45.2 Å². The molecule has 0 aliphatic carbocycles. The van der Waals surface area contributed by atoms with Crippen molar-refractivity contribution >= 4 is 18.1 Å². The predicted molar refractivity (Wildman–Crippen MR) is 101 cm³/mol. The van der Waals surface area contributed by atoms with Crippen LogP contribution in [-0.2, 0) is 0 Å².